The fourth-order valence-electron chi connectivity index (χ4n) is 3.85. The van der Waals surface area contributed by atoms with Gasteiger partial charge in [0.15, 0.2) is 0 Å². The summed E-state index contributed by atoms with van der Waals surface area (Å²) >= 11 is 6.19. The van der Waals surface area contributed by atoms with Crippen molar-refractivity contribution in [2.24, 2.45) is 0 Å². The molecule has 1 N–H and O–H groups in total. The second kappa shape index (κ2) is 7.00. The van der Waals surface area contributed by atoms with Gasteiger partial charge in [-0.05, 0) is 67.6 Å². The third-order valence-electron chi connectivity index (χ3n) is 5.26. The van der Waals surface area contributed by atoms with Crippen LogP contribution in [0.5, 0.6) is 0 Å². The number of fused-ring (bicyclic) bond motifs is 1. The number of nitrogens with one attached hydrogen (secondary N) is 1. The highest BCUT2D eigenvalue weighted by Gasteiger charge is 2.22. The molecule has 0 aliphatic carbocycles. The van der Waals surface area contributed by atoms with Gasteiger partial charge in [-0.15, -0.1) is 0 Å². The molecule has 2 aromatic carbocycles. The minimum Gasteiger partial charge on any atom is -0.361 e. The van der Waals surface area contributed by atoms with Crippen molar-refractivity contribution < 1.29 is 0 Å². The van der Waals surface area contributed by atoms with Crippen LogP contribution in [0.25, 0.3) is 10.9 Å². The van der Waals surface area contributed by atoms with E-state index in [1.165, 1.54) is 48.0 Å². The van der Waals surface area contributed by atoms with E-state index in [1.54, 1.807) is 0 Å². The van der Waals surface area contributed by atoms with E-state index in [-0.39, 0.29) is 0 Å². The molecule has 0 radical (unpaired) electrons. The molecule has 124 valence electrons. The molecule has 0 amide bonds. The first-order chi connectivity index (χ1) is 11.8. The summed E-state index contributed by atoms with van der Waals surface area (Å²) in [5, 5.41) is 2.12. The molecule has 2 nitrogen and oxygen atoms in total. The summed E-state index contributed by atoms with van der Waals surface area (Å²) in [5.74, 6) is 0.644. The van der Waals surface area contributed by atoms with E-state index in [0.29, 0.717) is 5.92 Å². The van der Waals surface area contributed by atoms with Gasteiger partial charge in [-0.2, -0.15) is 0 Å². The maximum absolute atomic E-state index is 6.19. The van der Waals surface area contributed by atoms with Crippen molar-refractivity contribution in [3.8, 4) is 0 Å². The van der Waals surface area contributed by atoms with Gasteiger partial charge in [-0.25, -0.2) is 0 Å². The van der Waals surface area contributed by atoms with Gasteiger partial charge in [-0.1, -0.05) is 41.9 Å². The van der Waals surface area contributed by atoms with Crippen LogP contribution in [0.1, 0.15) is 29.9 Å². The Morgan fingerprint density at radius 2 is 1.83 bits per heavy atom. The van der Waals surface area contributed by atoms with Crippen LogP contribution in [-0.2, 0) is 6.42 Å². The minimum atomic E-state index is 0.644. The van der Waals surface area contributed by atoms with Crippen LogP contribution in [0.15, 0.2) is 54.7 Å². The molecule has 0 atom stereocenters. The zero-order chi connectivity index (χ0) is 16.4. The lowest BCUT2D eigenvalue weighted by Gasteiger charge is -2.32. The molecule has 3 heteroatoms. The van der Waals surface area contributed by atoms with Gasteiger partial charge in [0.05, 0.1) is 0 Å². The Labute approximate surface area is 148 Å². The number of aromatic nitrogens is 1. The molecule has 3 aromatic rings. The summed E-state index contributed by atoms with van der Waals surface area (Å²) in [7, 11) is 0. The van der Waals surface area contributed by atoms with Gasteiger partial charge in [0.25, 0.3) is 0 Å². The van der Waals surface area contributed by atoms with Gasteiger partial charge >= 0.3 is 0 Å². The Balaban J connectivity index is 1.38. The molecule has 1 saturated heterocycles. The van der Waals surface area contributed by atoms with Crippen LogP contribution in [0, 0.1) is 0 Å². The Morgan fingerprint density at radius 1 is 1.04 bits per heavy atom. The SMILES string of the molecule is Clc1ccc2[nH]cc(C3CCN(CCc4ccccc4)CC3)c2c1. The smallest absolute Gasteiger partial charge is 0.0457 e. The number of H-pyrrole nitrogens is 1. The van der Waals surface area contributed by atoms with Crippen LogP contribution in [0.2, 0.25) is 5.02 Å². The average Bonchev–Trinajstić information content (AvgIpc) is 3.04. The lowest BCUT2D eigenvalue weighted by atomic mass is 9.89. The third kappa shape index (κ3) is 3.35. The third-order valence-corrected chi connectivity index (χ3v) is 5.50. The van der Waals surface area contributed by atoms with E-state index in [1.807, 2.05) is 6.07 Å². The monoisotopic (exact) mass is 338 g/mol. The molecule has 1 aliphatic heterocycles. The summed E-state index contributed by atoms with van der Waals surface area (Å²) in [6, 6.07) is 16.9. The van der Waals surface area contributed by atoms with Crippen molar-refractivity contribution in [2.45, 2.75) is 25.2 Å². The van der Waals surface area contributed by atoms with Gasteiger partial charge < -0.3 is 9.88 Å². The predicted molar refractivity (Wildman–Crippen MR) is 102 cm³/mol. The summed E-state index contributed by atoms with van der Waals surface area (Å²) in [5.41, 5.74) is 4.07. The van der Waals surface area contributed by atoms with E-state index < -0.39 is 0 Å². The van der Waals surface area contributed by atoms with Crippen molar-refractivity contribution in [2.75, 3.05) is 19.6 Å². The first-order valence-electron chi connectivity index (χ1n) is 8.82. The minimum absolute atomic E-state index is 0.644. The van der Waals surface area contributed by atoms with Crippen LogP contribution in [-0.4, -0.2) is 29.5 Å². The molecule has 1 aromatic heterocycles. The quantitative estimate of drug-likeness (QED) is 0.689. The molecular formula is C21H23ClN2. The maximum atomic E-state index is 6.19. The fourth-order valence-corrected chi connectivity index (χ4v) is 4.02. The molecule has 1 fully saturated rings. The summed E-state index contributed by atoms with van der Waals surface area (Å²) in [4.78, 5) is 6.00. The average molecular weight is 339 g/mol. The zero-order valence-corrected chi connectivity index (χ0v) is 14.6. The number of likely N-dealkylation sites (tertiary alicyclic amines) is 1. The van der Waals surface area contributed by atoms with E-state index in [9.17, 15) is 0 Å². The largest absolute Gasteiger partial charge is 0.361 e. The van der Waals surface area contributed by atoms with Gasteiger partial charge in [-0.3, -0.25) is 0 Å². The number of aromatic amines is 1. The van der Waals surface area contributed by atoms with E-state index in [4.69, 9.17) is 11.6 Å². The van der Waals surface area contributed by atoms with E-state index in [2.05, 4.69) is 58.5 Å². The molecule has 4 rings (SSSR count). The van der Waals surface area contributed by atoms with Crippen molar-refractivity contribution in [1.82, 2.24) is 9.88 Å². The first-order valence-corrected chi connectivity index (χ1v) is 9.20. The topological polar surface area (TPSA) is 19.0 Å². The van der Waals surface area contributed by atoms with Crippen LogP contribution >= 0.6 is 11.6 Å². The summed E-state index contributed by atoms with van der Waals surface area (Å²) in [6.45, 7) is 3.53. The number of hydrogen-bond donors (Lipinski definition) is 1. The standard InChI is InChI=1S/C21H23ClN2/c22-18-6-7-21-19(14-18)20(15-23-21)17-9-12-24(13-10-17)11-8-16-4-2-1-3-5-16/h1-7,14-15,17,23H,8-13H2. The molecule has 1 aliphatic rings. The zero-order valence-electron chi connectivity index (χ0n) is 13.8. The number of halogens is 1. The fraction of sp³-hybridized carbons (Fsp3) is 0.333. The Morgan fingerprint density at radius 3 is 2.62 bits per heavy atom. The second-order valence-electron chi connectivity index (χ2n) is 6.79. The summed E-state index contributed by atoms with van der Waals surface area (Å²) in [6.07, 6.45) is 5.79. The molecule has 0 unspecified atom stereocenters. The van der Waals surface area contributed by atoms with Crippen LogP contribution < -0.4 is 0 Å². The number of piperidine rings is 1. The van der Waals surface area contributed by atoms with E-state index in [0.717, 1.165) is 18.0 Å². The van der Waals surface area contributed by atoms with E-state index >= 15 is 0 Å². The number of hydrogen-bond acceptors (Lipinski definition) is 1. The van der Waals surface area contributed by atoms with Crippen molar-refractivity contribution in [3.63, 3.8) is 0 Å². The van der Waals surface area contributed by atoms with Crippen molar-refractivity contribution in [1.29, 1.82) is 0 Å². The Kier molecular flexibility index (Phi) is 4.59. The van der Waals surface area contributed by atoms with Gasteiger partial charge in [0.1, 0.15) is 0 Å². The number of nitrogens with zero attached hydrogens (tertiary/aromatic N) is 1. The van der Waals surface area contributed by atoms with Crippen LogP contribution in [0.4, 0.5) is 0 Å². The van der Waals surface area contributed by atoms with Gasteiger partial charge in [0, 0.05) is 28.7 Å². The van der Waals surface area contributed by atoms with Gasteiger partial charge in [0.2, 0.25) is 0 Å². The van der Waals surface area contributed by atoms with Crippen LogP contribution in [0.3, 0.4) is 0 Å². The number of rotatable bonds is 4. The molecule has 0 saturated carbocycles. The highest BCUT2D eigenvalue weighted by Crippen LogP contribution is 2.34. The Hall–Kier alpha value is -1.77. The molecule has 2 heterocycles. The normalized spacial score (nSPS) is 16.7. The Bertz CT molecular complexity index is 801. The highest BCUT2D eigenvalue weighted by atomic mass is 35.5. The maximum Gasteiger partial charge on any atom is 0.0457 e. The molecular weight excluding hydrogens is 316 g/mol. The second-order valence-corrected chi connectivity index (χ2v) is 7.22. The first kappa shape index (κ1) is 15.7. The lowest BCUT2D eigenvalue weighted by Crippen LogP contribution is -2.34. The van der Waals surface area contributed by atoms with Crippen molar-refractivity contribution >= 4 is 22.5 Å². The molecule has 0 bridgehead atoms. The van der Waals surface area contributed by atoms with Crippen molar-refractivity contribution in [3.05, 3.63) is 70.9 Å². The highest BCUT2D eigenvalue weighted by molar-refractivity contribution is 6.31. The predicted octanol–water partition coefficient (Wildman–Crippen LogP) is 5.24. The molecule has 0 spiro atoms. The number of benzene rings is 2. The summed E-state index contributed by atoms with van der Waals surface area (Å²) < 4.78 is 0. The lowest BCUT2D eigenvalue weighted by molar-refractivity contribution is 0.215. The molecule has 24 heavy (non-hydrogen) atoms.